The molecule has 0 unspecified atom stereocenters. The first-order valence-electron chi connectivity index (χ1n) is 9.45. The Morgan fingerprint density at radius 3 is 1.32 bits per heavy atom. The summed E-state index contributed by atoms with van der Waals surface area (Å²) in [5, 5.41) is 29.3. The number of unbranched alkanes of at least 4 members (excludes halogenated alkanes) is 2. The van der Waals surface area contributed by atoms with Crippen molar-refractivity contribution in [1.82, 2.24) is 0 Å². The highest BCUT2D eigenvalue weighted by Crippen LogP contribution is 2.40. The fourth-order valence-corrected chi connectivity index (χ4v) is 3.31. The van der Waals surface area contributed by atoms with Crippen LogP contribution in [-0.4, -0.2) is 15.3 Å². The standard InChI is InChI=1S/C25H24O3/c1-2-3-4-5-18-25(19-6-12-22(26)13-7-19,20-8-14-23(27)15-9-20)21-10-16-24(28)17-11-21/h6-17,26-28H,2-4H2,1H3. The van der Waals surface area contributed by atoms with Crippen molar-refractivity contribution in [3.63, 3.8) is 0 Å². The molecule has 0 spiro atoms. The molecule has 0 saturated heterocycles. The Morgan fingerprint density at radius 1 is 0.643 bits per heavy atom. The van der Waals surface area contributed by atoms with E-state index in [-0.39, 0.29) is 17.2 Å². The summed E-state index contributed by atoms with van der Waals surface area (Å²) in [5.41, 5.74) is 1.94. The van der Waals surface area contributed by atoms with Gasteiger partial charge in [0.05, 0.1) is 0 Å². The van der Waals surface area contributed by atoms with Gasteiger partial charge in [-0.3, -0.25) is 0 Å². The molecule has 0 heterocycles. The summed E-state index contributed by atoms with van der Waals surface area (Å²) in [5.74, 6) is 7.37. The molecule has 3 aromatic rings. The maximum atomic E-state index is 9.78. The monoisotopic (exact) mass is 372 g/mol. The Labute approximate surface area is 165 Å². The van der Waals surface area contributed by atoms with Crippen LogP contribution in [0.5, 0.6) is 17.2 Å². The van der Waals surface area contributed by atoms with E-state index in [9.17, 15) is 15.3 Å². The molecular weight excluding hydrogens is 348 g/mol. The summed E-state index contributed by atoms with van der Waals surface area (Å²) in [6, 6.07) is 21.1. The fourth-order valence-electron chi connectivity index (χ4n) is 3.31. The molecule has 0 bridgehead atoms. The molecule has 3 heteroatoms. The van der Waals surface area contributed by atoms with Gasteiger partial charge in [0.25, 0.3) is 0 Å². The Hall–Kier alpha value is -3.38. The third kappa shape index (κ3) is 3.97. The van der Waals surface area contributed by atoms with E-state index in [2.05, 4.69) is 18.8 Å². The number of rotatable bonds is 5. The van der Waals surface area contributed by atoms with Gasteiger partial charge in [-0.15, -0.1) is 5.92 Å². The fraction of sp³-hybridized carbons (Fsp3) is 0.200. The minimum atomic E-state index is -0.789. The second kappa shape index (κ2) is 8.54. The predicted octanol–water partition coefficient (Wildman–Crippen LogP) is 5.33. The molecule has 3 rings (SSSR count). The lowest BCUT2D eigenvalue weighted by Gasteiger charge is -2.31. The molecule has 3 nitrogen and oxygen atoms in total. The first-order valence-corrected chi connectivity index (χ1v) is 9.45. The third-order valence-corrected chi connectivity index (χ3v) is 4.83. The summed E-state index contributed by atoms with van der Waals surface area (Å²) in [6.07, 6.45) is 2.87. The van der Waals surface area contributed by atoms with Gasteiger partial charge < -0.3 is 15.3 Å². The molecule has 0 aromatic heterocycles. The highest BCUT2D eigenvalue weighted by molar-refractivity contribution is 5.59. The first kappa shape index (κ1) is 19.4. The summed E-state index contributed by atoms with van der Waals surface area (Å²) >= 11 is 0. The number of benzene rings is 3. The number of hydrogen-bond acceptors (Lipinski definition) is 3. The topological polar surface area (TPSA) is 60.7 Å². The first-order chi connectivity index (χ1) is 13.6. The van der Waals surface area contributed by atoms with Crippen molar-refractivity contribution in [1.29, 1.82) is 0 Å². The van der Waals surface area contributed by atoms with Crippen molar-refractivity contribution >= 4 is 0 Å². The lowest BCUT2D eigenvalue weighted by molar-refractivity contribution is 0.475. The zero-order chi connectivity index (χ0) is 20.0. The van der Waals surface area contributed by atoms with E-state index in [1.807, 2.05) is 36.4 Å². The molecule has 0 aliphatic heterocycles. The average Bonchev–Trinajstić information content (AvgIpc) is 2.71. The van der Waals surface area contributed by atoms with E-state index in [1.54, 1.807) is 36.4 Å². The van der Waals surface area contributed by atoms with E-state index in [0.717, 1.165) is 36.0 Å². The van der Waals surface area contributed by atoms with Crippen LogP contribution >= 0.6 is 0 Å². The molecule has 3 N–H and O–H groups in total. The van der Waals surface area contributed by atoms with Crippen LogP contribution in [0.25, 0.3) is 0 Å². The van der Waals surface area contributed by atoms with Gasteiger partial charge in [0.15, 0.2) is 0 Å². The quantitative estimate of drug-likeness (QED) is 0.322. The van der Waals surface area contributed by atoms with Crippen LogP contribution in [0.15, 0.2) is 72.8 Å². The van der Waals surface area contributed by atoms with Crippen LogP contribution in [0, 0.1) is 11.8 Å². The maximum absolute atomic E-state index is 9.78. The van der Waals surface area contributed by atoms with Crippen LogP contribution in [0.2, 0.25) is 0 Å². The Kier molecular flexibility index (Phi) is 5.91. The van der Waals surface area contributed by atoms with Gasteiger partial charge in [-0.25, -0.2) is 0 Å². The molecule has 0 radical (unpaired) electrons. The Morgan fingerprint density at radius 2 is 1.00 bits per heavy atom. The van der Waals surface area contributed by atoms with Crippen molar-refractivity contribution in [3.8, 4) is 29.1 Å². The largest absolute Gasteiger partial charge is 0.508 e. The summed E-state index contributed by atoms with van der Waals surface area (Å²) in [6.45, 7) is 2.13. The van der Waals surface area contributed by atoms with Gasteiger partial charge in [0.2, 0.25) is 0 Å². The molecule has 0 amide bonds. The van der Waals surface area contributed by atoms with Gasteiger partial charge >= 0.3 is 0 Å². The molecule has 0 saturated carbocycles. The van der Waals surface area contributed by atoms with Crippen molar-refractivity contribution in [3.05, 3.63) is 89.5 Å². The normalized spacial score (nSPS) is 10.9. The van der Waals surface area contributed by atoms with E-state index in [1.165, 1.54) is 0 Å². The third-order valence-electron chi connectivity index (χ3n) is 4.83. The minimum absolute atomic E-state index is 0.188. The second-order valence-corrected chi connectivity index (χ2v) is 6.80. The van der Waals surface area contributed by atoms with Crippen LogP contribution in [0.3, 0.4) is 0 Å². The van der Waals surface area contributed by atoms with Crippen LogP contribution in [-0.2, 0) is 5.41 Å². The predicted molar refractivity (Wildman–Crippen MR) is 112 cm³/mol. The smallest absolute Gasteiger partial charge is 0.115 e. The maximum Gasteiger partial charge on any atom is 0.115 e. The lowest BCUT2D eigenvalue weighted by atomic mass is 9.70. The van der Waals surface area contributed by atoms with Crippen molar-refractivity contribution in [2.24, 2.45) is 0 Å². The van der Waals surface area contributed by atoms with Crippen molar-refractivity contribution in [2.45, 2.75) is 31.6 Å². The molecule has 0 aliphatic carbocycles. The molecule has 3 aromatic carbocycles. The zero-order valence-corrected chi connectivity index (χ0v) is 15.9. The van der Waals surface area contributed by atoms with Gasteiger partial charge in [-0.2, -0.15) is 0 Å². The Bertz CT molecular complexity index is 849. The van der Waals surface area contributed by atoms with E-state index in [4.69, 9.17) is 0 Å². The van der Waals surface area contributed by atoms with E-state index >= 15 is 0 Å². The molecule has 0 fully saturated rings. The van der Waals surface area contributed by atoms with Gasteiger partial charge in [-0.05, 0) is 59.5 Å². The van der Waals surface area contributed by atoms with Crippen LogP contribution < -0.4 is 0 Å². The molecule has 142 valence electrons. The Balaban J connectivity index is 2.29. The summed E-state index contributed by atoms with van der Waals surface area (Å²) < 4.78 is 0. The highest BCUT2D eigenvalue weighted by Gasteiger charge is 2.35. The molecular formula is C25H24O3. The number of hydrogen-bond donors (Lipinski definition) is 3. The van der Waals surface area contributed by atoms with Gasteiger partial charge in [0.1, 0.15) is 22.7 Å². The minimum Gasteiger partial charge on any atom is -0.508 e. The van der Waals surface area contributed by atoms with Gasteiger partial charge in [0, 0.05) is 6.42 Å². The zero-order valence-electron chi connectivity index (χ0n) is 15.9. The lowest BCUT2D eigenvalue weighted by Crippen LogP contribution is -2.27. The van der Waals surface area contributed by atoms with E-state index in [0.29, 0.717) is 0 Å². The van der Waals surface area contributed by atoms with Crippen LogP contribution in [0.4, 0.5) is 0 Å². The highest BCUT2D eigenvalue weighted by atomic mass is 16.3. The summed E-state index contributed by atoms with van der Waals surface area (Å²) in [7, 11) is 0. The number of phenolic OH excluding ortho intramolecular Hbond substituents is 3. The summed E-state index contributed by atoms with van der Waals surface area (Å²) in [4.78, 5) is 0. The average molecular weight is 372 g/mol. The number of aromatic hydroxyl groups is 3. The SMILES string of the molecule is CCCCC#CC(c1ccc(O)cc1)(c1ccc(O)cc1)c1ccc(O)cc1. The van der Waals surface area contributed by atoms with E-state index < -0.39 is 5.41 Å². The van der Waals surface area contributed by atoms with Gasteiger partial charge in [-0.1, -0.05) is 55.7 Å². The second-order valence-electron chi connectivity index (χ2n) is 6.80. The van der Waals surface area contributed by atoms with Crippen molar-refractivity contribution in [2.75, 3.05) is 0 Å². The van der Waals surface area contributed by atoms with Crippen molar-refractivity contribution < 1.29 is 15.3 Å². The molecule has 28 heavy (non-hydrogen) atoms. The molecule has 0 aliphatic rings. The molecule has 0 atom stereocenters. The number of phenols is 3. The van der Waals surface area contributed by atoms with Crippen LogP contribution in [0.1, 0.15) is 42.9 Å².